The lowest BCUT2D eigenvalue weighted by atomic mass is 9.98. The molecule has 198 valence electrons. The van der Waals surface area contributed by atoms with Gasteiger partial charge in [0.25, 0.3) is 0 Å². The van der Waals surface area contributed by atoms with Crippen LogP contribution in [-0.2, 0) is 16.0 Å². The van der Waals surface area contributed by atoms with Crippen molar-refractivity contribution in [1.29, 1.82) is 0 Å². The molecule has 0 bridgehead atoms. The number of halogens is 3. The highest BCUT2D eigenvalue weighted by molar-refractivity contribution is 6.12. The third kappa shape index (κ3) is 4.98. The Hall–Kier alpha value is -4.93. The number of carbonyl (C=O) groups excluding carboxylic acids is 2. The molecule has 0 radical (unpaired) electrons. The van der Waals surface area contributed by atoms with Crippen LogP contribution in [0.3, 0.4) is 0 Å². The molecule has 0 amide bonds. The molecule has 3 aromatic carbocycles. The minimum atomic E-state index is -5.28. The monoisotopic (exact) mass is 535 g/mol. The zero-order valence-electron chi connectivity index (χ0n) is 20.6. The molecule has 0 aliphatic carbocycles. The molecule has 5 rings (SSSR count). The average molecular weight is 535 g/mol. The van der Waals surface area contributed by atoms with Crippen LogP contribution in [-0.4, -0.2) is 47.5 Å². The first-order valence-corrected chi connectivity index (χ1v) is 11.6. The van der Waals surface area contributed by atoms with E-state index in [1.807, 2.05) is 36.4 Å². The SMILES string of the molecule is COc1cc2c(-c3ccc(C(=O)OC(=O)C(F)(F)F)cc3)nc3[nH]nc(Cc4ccccc4)c3c2cc1OC. The number of fused-ring (bicyclic) bond motifs is 3. The Morgan fingerprint density at radius 2 is 1.54 bits per heavy atom. The van der Waals surface area contributed by atoms with Crippen LogP contribution in [0.2, 0.25) is 0 Å². The number of esters is 2. The van der Waals surface area contributed by atoms with Gasteiger partial charge in [-0.15, -0.1) is 0 Å². The summed E-state index contributed by atoms with van der Waals surface area (Å²) in [6.45, 7) is 0. The average Bonchev–Trinajstić information content (AvgIpc) is 3.34. The Labute approximate surface area is 219 Å². The summed E-state index contributed by atoms with van der Waals surface area (Å²) in [6, 6.07) is 19.0. The van der Waals surface area contributed by atoms with Crippen molar-refractivity contribution in [2.45, 2.75) is 12.6 Å². The highest BCUT2D eigenvalue weighted by Crippen LogP contribution is 2.40. The van der Waals surface area contributed by atoms with E-state index in [9.17, 15) is 22.8 Å². The first-order valence-electron chi connectivity index (χ1n) is 11.6. The number of rotatable bonds is 6. The minimum Gasteiger partial charge on any atom is -0.493 e. The Bertz CT molecular complexity index is 1700. The van der Waals surface area contributed by atoms with Gasteiger partial charge >= 0.3 is 18.1 Å². The van der Waals surface area contributed by atoms with Gasteiger partial charge in [-0.3, -0.25) is 5.10 Å². The quantitative estimate of drug-likeness (QED) is 0.222. The second kappa shape index (κ2) is 10.1. The van der Waals surface area contributed by atoms with E-state index >= 15 is 0 Å². The van der Waals surface area contributed by atoms with Gasteiger partial charge in [0.1, 0.15) is 0 Å². The maximum atomic E-state index is 12.5. The number of aromatic amines is 1. The molecule has 2 heterocycles. The summed E-state index contributed by atoms with van der Waals surface area (Å²) in [5, 5.41) is 9.78. The third-order valence-corrected chi connectivity index (χ3v) is 6.12. The van der Waals surface area contributed by atoms with Gasteiger partial charge < -0.3 is 14.2 Å². The van der Waals surface area contributed by atoms with E-state index in [0.717, 1.165) is 22.0 Å². The maximum absolute atomic E-state index is 12.5. The summed E-state index contributed by atoms with van der Waals surface area (Å²) in [4.78, 5) is 27.9. The number of pyridine rings is 1. The van der Waals surface area contributed by atoms with Gasteiger partial charge in [0.2, 0.25) is 0 Å². The summed E-state index contributed by atoms with van der Waals surface area (Å²) in [6.07, 6.45) is -4.73. The first-order chi connectivity index (χ1) is 18.7. The number of methoxy groups -OCH3 is 2. The predicted octanol–water partition coefficient (Wildman–Crippen LogP) is 5.63. The van der Waals surface area contributed by atoms with Crippen molar-refractivity contribution >= 4 is 33.7 Å². The molecule has 0 saturated carbocycles. The summed E-state index contributed by atoms with van der Waals surface area (Å²) < 4.78 is 52.4. The molecule has 11 heteroatoms. The summed E-state index contributed by atoms with van der Waals surface area (Å²) in [5.41, 5.74) is 3.17. The highest BCUT2D eigenvalue weighted by Gasteiger charge is 2.42. The van der Waals surface area contributed by atoms with Crippen molar-refractivity contribution in [3.8, 4) is 22.8 Å². The van der Waals surface area contributed by atoms with Crippen LogP contribution in [0, 0.1) is 0 Å². The van der Waals surface area contributed by atoms with Gasteiger partial charge in [-0.05, 0) is 29.8 Å². The first kappa shape index (κ1) is 25.7. The Morgan fingerprint density at radius 1 is 0.897 bits per heavy atom. The Balaban J connectivity index is 1.62. The standard InChI is InChI=1S/C28H20F3N3O5/c1-37-21-13-18-19(14-22(21)38-2)24(16-8-10-17(11-9-16)26(35)39-27(36)28(29,30)31)32-25-23(18)20(33-34-25)12-15-6-4-3-5-7-15/h3-11,13-14H,12H2,1-2H3,(H,32,33,34). The van der Waals surface area contributed by atoms with Gasteiger partial charge in [0.05, 0.1) is 36.6 Å². The molecule has 1 N–H and O–H groups in total. The topological polar surface area (TPSA) is 103 Å². The lowest BCUT2D eigenvalue weighted by Gasteiger charge is -2.13. The van der Waals surface area contributed by atoms with Crippen molar-refractivity contribution in [2.24, 2.45) is 0 Å². The van der Waals surface area contributed by atoms with Crippen LogP contribution < -0.4 is 9.47 Å². The zero-order valence-corrected chi connectivity index (χ0v) is 20.6. The smallest absolute Gasteiger partial charge is 0.491 e. The largest absolute Gasteiger partial charge is 0.493 e. The minimum absolute atomic E-state index is 0.229. The molecule has 0 atom stereocenters. The normalized spacial score (nSPS) is 11.5. The number of hydrogen-bond acceptors (Lipinski definition) is 7. The predicted molar refractivity (Wildman–Crippen MR) is 136 cm³/mol. The van der Waals surface area contributed by atoms with Crippen LogP contribution in [0.1, 0.15) is 21.6 Å². The van der Waals surface area contributed by atoms with E-state index in [1.165, 1.54) is 38.5 Å². The van der Waals surface area contributed by atoms with Crippen molar-refractivity contribution in [2.75, 3.05) is 14.2 Å². The molecule has 0 fully saturated rings. The molecule has 2 aromatic heterocycles. The van der Waals surface area contributed by atoms with E-state index in [2.05, 4.69) is 14.9 Å². The molecular weight excluding hydrogens is 515 g/mol. The van der Waals surface area contributed by atoms with E-state index in [4.69, 9.17) is 14.5 Å². The summed E-state index contributed by atoms with van der Waals surface area (Å²) >= 11 is 0. The van der Waals surface area contributed by atoms with Crippen molar-refractivity contribution in [3.63, 3.8) is 0 Å². The molecule has 0 aliphatic heterocycles. The number of ether oxygens (including phenoxy) is 3. The number of hydrogen-bond donors (Lipinski definition) is 1. The molecule has 0 aliphatic rings. The van der Waals surface area contributed by atoms with E-state index in [0.29, 0.717) is 40.2 Å². The molecule has 39 heavy (non-hydrogen) atoms. The van der Waals surface area contributed by atoms with Gasteiger partial charge in [-0.1, -0.05) is 42.5 Å². The second-order valence-electron chi connectivity index (χ2n) is 8.52. The van der Waals surface area contributed by atoms with Crippen molar-refractivity contribution in [1.82, 2.24) is 15.2 Å². The molecule has 0 saturated heterocycles. The third-order valence-electron chi connectivity index (χ3n) is 6.12. The van der Waals surface area contributed by atoms with Crippen molar-refractivity contribution < 1.29 is 37.0 Å². The van der Waals surface area contributed by atoms with E-state index < -0.39 is 18.1 Å². The maximum Gasteiger partial charge on any atom is 0.491 e. The van der Waals surface area contributed by atoms with Crippen LogP contribution in [0.4, 0.5) is 13.2 Å². The van der Waals surface area contributed by atoms with Gasteiger partial charge in [0.15, 0.2) is 17.1 Å². The van der Waals surface area contributed by atoms with E-state index in [-0.39, 0.29) is 5.56 Å². The summed E-state index contributed by atoms with van der Waals surface area (Å²) in [7, 11) is 3.04. The molecular formula is C28H20F3N3O5. The Morgan fingerprint density at radius 3 is 2.15 bits per heavy atom. The highest BCUT2D eigenvalue weighted by atomic mass is 19.4. The number of benzene rings is 3. The number of carbonyl (C=O) groups is 2. The van der Waals surface area contributed by atoms with Crippen molar-refractivity contribution in [3.05, 3.63) is 83.6 Å². The number of aromatic nitrogens is 3. The zero-order chi connectivity index (χ0) is 27.7. The van der Waals surface area contributed by atoms with Gasteiger partial charge in [0, 0.05) is 22.8 Å². The summed E-state index contributed by atoms with van der Waals surface area (Å²) in [5.74, 6) is -3.03. The number of nitrogens with one attached hydrogen (secondary N) is 1. The molecule has 5 aromatic rings. The molecule has 0 unspecified atom stereocenters. The number of alkyl halides is 3. The van der Waals surface area contributed by atoms with Crippen LogP contribution in [0.25, 0.3) is 33.1 Å². The van der Waals surface area contributed by atoms with Gasteiger partial charge in [-0.2, -0.15) is 18.3 Å². The number of nitrogens with zero attached hydrogens (tertiary/aromatic N) is 2. The number of H-pyrrole nitrogens is 1. The van der Waals surface area contributed by atoms with Crippen LogP contribution >= 0.6 is 0 Å². The van der Waals surface area contributed by atoms with E-state index in [1.54, 1.807) is 6.07 Å². The molecule has 8 nitrogen and oxygen atoms in total. The fourth-order valence-electron chi connectivity index (χ4n) is 4.29. The van der Waals surface area contributed by atoms with Crippen LogP contribution in [0.15, 0.2) is 66.7 Å². The fraction of sp³-hybridized carbons (Fsp3) is 0.143. The molecule has 0 spiro atoms. The lowest BCUT2D eigenvalue weighted by molar-refractivity contribution is -0.193. The fourth-order valence-corrected chi connectivity index (χ4v) is 4.29. The van der Waals surface area contributed by atoms with Gasteiger partial charge in [-0.25, -0.2) is 14.6 Å². The lowest BCUT2D eigenvalue weighted by Crippen LogP contribution is -2.28. The van der Waals surface area contributed by atoms with Crippen LogP contribution in [0.5, 0.6) is 11.5 Å². The Kier molecular flexibility index (Phi) is 6.65. The second-order valence-corrected chi connectivity index (χ2v) is 8.52.